The first-order chi connectivity index (χ1) is 8.93. The van der Waals surface area contributed by atoms with Crippen molar-refractivity contribution in [2.75, 3.05) is 0 Å². The average Bonchev–Trinajstić information content (AvgIpc) is 2.67. The largest absolute Gasteiger partial charge is 0.477 e. The van der Waals surface area contributed by atoms with Crippen LogP contribution in [-0.4, -0.2) is 20.6 Å². The van der Waals surface area contributed by atoms with E-state index in [9.17, 15) is 14.3 Å². The third-order valence-corrected chi connectivity index (χ3v) is 2.98. The Morgan fingerprint density at radius 2 is 2.00 bits per heavy atom. The second-order valence-corrected chi connectivity index (χ2v) is 4.67. The molecule has 2 aromatic rings. The van der Waals surface area contributed by atoms with Crippen molar-refractivity contribution in [3.8, 4) is 11.3 Å². The molecule has 5 heteroatoms. The first-order valence-corrected chi connectivity index (χ1v) is 5.98. The summed E-state index contributed by atoms with van der Waals surface area (Å²) < 4.78 is 15.3. The number of nitrogens with zero attached hydrogens (tertiary/aromatic N) is 2. The van der Waals surface area contributed by atoms with Gasteiger partial charge in [-0.2, -0.15) is 0 Å². The SMILES string of the molecule is CC(C)c1nc(-c2ccccc2F)c(C(=O)O)n1C. The molecule has 0 radical (unpaired) electrons. The van der Waals surface area contributed by atoms with Crippen LogP contribution in [0.3, 0.4) is 0 Å². The molecular weight excluding hydrogens is 247 g/mol. The minimum Gasteiger partial charge on any atom is -0.477 e. The Balaban J connectivity index is 2.73. The molecule has 2 rings (SSSR count). The summed E-state index contributed by atoms with van der Waals surface area (Å²) in [7, 11) is 1.64. The van der Waals surface area contributed by atoms with Gasteiger partial charge in [0.25, 0.3) is 0 Å². The van der Waals surface area contributed by atoms with Crippen LogP contribution in [0.4, 0.5) is 4.39 Å². The van der Waals surface area contributed by atoms with E-state index in [-0.39, 0.29) is 22.9 Å². The molecule has 0 saturated heterocycles. The number of carbonyl (C=O) groups is 1. The highest BCUT2D eigenvalue weighted by molar-refractivity contribution is 5.93. The van der Waals surface area contributed by atoms with E-state index >= 15 is 0 Å². The molecule has 0 fully saturated rings. The lowest BCUT2D eigenvalue weighted by Gasteiger charge is -2.05. The van der Waals surface area contributed by atoms with E-state index in [4.69, 9.17) is 0 Å². The summed E-state index contributed by atoms with van der Waals surface area (Å²) in [6.07, 6.45) is 0. The lowest BCUT2D eigenvalue weighted by molar-refractivity contribution is 0.0687. The fourth-order valence-electron chi connectivity index (χ4n) is 2.12. The maximum Gasteiger partial charge on any atom is 0.354 e. The number of benzene rings is 1. The molecule has 0 aliphatic carbocycles. The smallest absolute Gasteiger partial charge is 0.354 e. The first-order valence-electron chi connectivity index (χ1n) is 5.98. The molecule has 0 aliphatic heterocycles. The molecule has 100 valence electrons. The van der Waals surface area contributed by atoms with E-state index < -0.39 is 11.8 Å². The van der Waals surface area contributed by atoms with Crippen LogP contribution in [0.25, 0.3) is 11.3 Å². The van der Waals surface area contributed by atoms with Gasteiger partial charge in [-0.05, 0) is 12.1 Å². The predicted molar refractivity (Wildman–Crippen MR) is 69.7 cm³/mol. The van der Waals surface area contributed by atoms with Gasteiger partial charge in [0.05, 0.1) is 0 Å². The topological polar surface area (TPSA) is 55.1 Å². The molecule has 19 heavy (non-hydrogen) atoms. The van der Waals surface area contributed by atoms with Gasteiger partial charge in [0.15, 0.2) is 5.69 Å². The van der Waals surface area contributed by atoms with Crippen molar-refractivity contribution in [3.05, 3.63) is 41.6 Å². The Morgan fingerprint density at radius 1 is 1.37 bits per heavy atom. The number of rotatable bonds is 3. The van der Waals surface area contributed by atoms with E-state index in [0.717, 1.165) is 0 Å². The Bertz CT molecular complexity index is 632. The Hall–Kier alpha value is -2.17. The van der Waals surface area contributed by atoms with Gasteiger partial charge in [-0.3, -0.25) is 0 Å². The molecule has 0 aliphatic rings. The molecule has 1 N–H and O–H groups in total. The fraction of sp³-hybridized carbons (Fsp3) is 0.286. The Labute approximate surface area is 110 Å². The lowest BCUT2D eigenvalue weighted by atomic mass is 10.1. The number of imidazole rings is 1. The van der Waals surface area contributed by atoms with Crippen molar-refractivity contribution in [2.24, 2.45) is 7.05 Å². The number of carboxylic acid groups (broad SMARTS) is 1. The van der Waals surface area contributed by atoms with Crippen LogP contribution in [0.2, 0.25) is 0 Å². The Kier molecular flexibility index (Phi) is 3.38. The molecule has 0 spiro atoms. The monoisotopic (exact) mass is 262 g/mol. The highest BCUT2D eigenvalue weighted by Crippen LogP contribution is 2.28. The second-order valence-electron chi connectivity index (χ2n) is 4.67. The highest BCUT2D eigenvalue weighted by Gasteiger charge is 2.24. The molecule has 1 heterocycles. The zero-order valence-corrected chi connectivity index (χ0v) is 11.0. The maximum atomic E-state index is 13.8. The summed E-state index contributed by atoms with van der Waals surface area (Å²) in [5, 5.41) is 9.31. The molecule has 0 amide bonds. The van der Waals surface area contributed by atoms with Crippen LogP contribution in [0.15, 0.2) is 24.3 Å². The van der Waals surface area contributed by atoms with E-state index in [2.05, 4.69) is 4.98 Å². The van der Waals surface area contributed by atoms with Crippen LogP contribution >= 0.6 is 0 Å². The van der Waals surface area contributed by atoms with Gasteiger partial charge in [0.1, 0.15) is 17.3 Å². The van der Waals surface area contributed by atoms with Crippen LogP contribution in [0, 0.1) is 5.82 Å². The van der Waals surface area contributed by atoms with Crippen molar-refractivity contribution >= 4 is 5.97 Å². The summed E-state index contributed by atoms with van der Waals surface area (Å²) in [5.41, 5.74) is 0.396. The van der Waals surface area contributed by atoms with E-state index in [0.29, 0.717) is 5.82 Å². The number of carboxylic acids is 1. The van der Waals surface area contributed by atoms with Gasteiger partial charge in [0.2, 0.25) is 0 Å². The molecule has 1 aromatic heterocycles. The van der Waals surface area contributed by atoms with Crippen molar-refractivity contribution in [3.63, 3.8) is 0 Å². The zero-order chi connectivity index (χ0) is 14.2. The van der Waals surface area contributed by atoms with Gasteiger partial charge in [0, 0.05) is 18.5 Å². The molecule has 0 atom stereocenters. The molecule has 0 saturated carbocycles. The van der Waals surface area contributed by atoms with Crippen LogP contribution in [-0.2, 0) is 7.05 Å². The summed E-state index contributed by atoms with van der Waals surface area (Å²) in [4.78, 5) is 15.7. The van der Waals surface area contributed by atoms with Crippen LogP contribution in [0.5, 0.6) is 0 Å². The standard InChI is InChI=1S/C14H15FN2O2/c1-8(2)13-16-11(12(14(18)19)17(13)3)9-6-4-5-7-10(9)15/h4-8H,1-3H3,(H,18,19). The summed E-state index contributed by atoms with van der Waals surface area (Å²) in [5.74, 6) is -0.905. The van der Waals surface area contributed by atoms with Gasteiger partial charge in [-0.25, -0.2) is 14.2 Å². The summed E-state index contributed by atoms with van der Waals surface area (Å²) in [6.45, 7) is 3.83. The normalized spacial score (nSPS) is 11.0. The zero-order valence-electron chi connectivity index (χ0n) is 11.0. The molecular formula is C14H15FN2O2. The highest BCUT2D eigenvalue weighted by atomic mass is 19.1. The first kappa shape index (κ1) is 13.3. The van der Waals surface area contributed by atoms with E-state index in [1.807, 2.05) is 13.8 Å². The average molecular weight is 262 g/mol. The van der Waals surface area contributed by atoms with Crippen LogP contribution < -0.4 is 0 Å². The number of hydrogen-bond donors (Lipinski definition) is 1. The van der Waals surface area contributed by atoms with Crippen LogP contribution in [0.1, 0.15) is 36.1 Å². The maximum absolute atomic E-state index is 13.8. The lowest BCUT2D eigenvalue weighted by Crippen LogP contribution is -2.09. The van der Waals surface area contributed by atoms with Crippen molar-refractivity contribution in [2.45, 2.75) is 19.8 Å². The van der Waals surface area contributed by atoms with E-state index in [1.54, 1.807) is 19.2 Å². The number of hydrogen-bond acceptors (Lipinski definition) is 2. The third kappa shape index (κ3) is 2.23. The van der Waals surface area contributed by atoms with E-state index in [1.165, 1.54) is 16.7 Å². The molecule has 0 bridgehead atoms. The fourth-order valence-corrected chi connectivity index (χ4v) is 2.12. The quantitative estimate of drug-likeness (QED) is 0.924. The minimum atomic E-state index is -1.11. The van der Waals surface area contributed by atoms with Gasteiger partial charge >= 0.3 is 5.97 Å². The van der Waals surface area contributed by atoms with Crippen molar-refractivity contribution in [1.82, 2.24) is 9.55 Å². The molecule has 0 unspecified atom stereocenters. The summed E-state index contributed by atoms with van der Waals surface area (Å²) in [6, 6.07) is 6.05. The van der Waals surface area contributed by atoms with Gasteiger partial charge in [-0.1, -0.05) is 26.0 Å². The minimum absolute atomic E-state index is 0.00815. The third-order valence-electron chi connectivity index (χ3n) is 2.98. The van der Waals surface area contributed by atoms with Crippen molar-refractivity contribution in [1.29, 1.82) is 0 Å². The van der Waals surface area contributed by atoms with Gasteiger partial charge in [-0.15, -0.1) is 0 Å². The second kappa shape index (κ2) is 4.84. The molecule has 1 aromatic carbocycles. The predicted octanol–water partition coefficient (Wildman–Crippen LogP) is 3.05. The number of aromatic nitrogens is 2. The molecule has 4 nitrogen and oxygen atoms in total. The number of halogens is 1. The van der Waals surface area contributed by atoms with Gasteiger partial charge < -0.3 is 9.67 Å². The number of aromatic carboxylic acids is 1. The van der Waals surface area contributed by atoms with Crippen molar-refractivity contribution < 1.29 is 14.3 Å². The summed E-state index contributed by atoms with van der Waals surface area (Å²) >= 11 is 0. The Morgan fingerprint density at radius 3 is 2.53 bits per heavy atom.